The Morgan fingerprint density at radius 3 is 2.19 bits per heavy atom. The van der Waals surface area contributed by atoms with Crippen LogP contribution in [0.1, 0.15) is 21.5 Å². The summed E-state index contributed by atoms with van der Waals surface area (Å²) < 4.78 is 15.8. The van der Waals surface area contributed by atoms with E-state index in [1.54, 1.807) is 32.4 Å². The Kier molecular flexibility index (Phi) is 6.68. The van der Waals surface area contributed by atoms with Crippen LogP contribution in [-0.4, -0.2) is 51.3 Å². The lowest BCUT2D eigenvalue weighted by atomic mass is 10.1. The van der Waals surface area contributed by atoms with Crippen molar-refractivity contribution in [1.29, 1.82) is 0 Å². The molecule has 3 rings (SSSR count). The van der Waals surface area contributed by atoms with Gasteiger partial charge in [0.1, 0.15) is 11.5 Å². The molecule has 1 saturated heterocycles. The maximum Gasteiger partial charge on any atom is 0.251 e. The molecule has 144 valence electrons. The van der Waals surface area contributed by atoms with Crippen molar-refractivity contribution >= 4 is 5.91 Å². The Morgan fingerprint density at radius 1 is 1.00 bits per heavy atom. The molecule has 2 aromatic carbocycles. The van der Waals surface area contributed by atoms with Crippen LogP contribution in [0, 0.1) is 0 Å². The zero-order valence-electron chi connectivity index (χ0n) is 15.9. The van der Waals surface area contributed by atoms with E-state index in [4.69, 9.17) is 14.2 Å². The number of morpholine rings is 1. The summed E-state index contributed by atoms with van der Waals surface area (Å²) in [6.45, 7) is 4.96. The first kappa shape index (κ1) is 19.2. The largest absolute Gasteiger partial charge is 0.497 e. The molecule has 0 bridgehead atoms. The first-order chi connectivity index (χ1) is 13.2. The van der Waals surface area contributed by atoms with Crippen molar-refractivity contribution in [2.75, 3.05) is 40.5 Å². The summed E-state index contributed by atoms with van der Waals surface area (Å²) in [4.78, 5) is 14.8. The highest BCUT2D eigenvalue weighted by molar-refractivity contribution is 5.95. The van der Waals surface area contributed by atoms with Gasteiger partial charge in [0.05, 0.1) is 27.4 Å². The van der Waals surface area contributed by atoms with E-state index < -0.39 is 0 Å². The molecule has 1 aliphatic rings. The van der Waals surface area contributed by atoms with Gasteiger partial charge in [-0.25, -0.2) is 0 Å². The highest BCUT2D eigenvalue weighted by Crippen LogP contribution is 2.22. The van der Waals surface area contributed by atoms with E-state index in [1.807, 2.05) is 0 Å². The predicted octanol–water partition coefficient (Wildman–Crippen LogP) is 2.47. The van der Waals surface area contributed by atoms with Gasteiger partial charge in [-0.3, -0.25) is 9.69 Å². The van der Waals surface area contributed by atoms with Crippen molar-refractivity contribution in [3.8, 4) is 11.5 Å². The van der Waals surface area contributed by atoms with Crippen molar-refractivity contribution < 1.29 is 19.0 Å². The van der Waals surface area contributed by atoms with Crippen molar-refractivity contribution in [2.24, 2.45) is 0 Å². The number of hydrogen-bond acceptors (Lipinski definition) is 5. The maximum absolute atomic E-state index is 12.4. The highest BCUT2D eigenvalue weighted by atomic mass is 16.5. The molecule has 27 heavy (non-hydrogen) atoms. The number of nitrogens with zero attached hydrogens (tertiary/aromatic N) is 1. The first-order valence-corrected chi connectivity index (χ1v) is 9.07. The number of hydrogen-bond donors (Lipinski definition) is 1. The average molecular weight is 370 g/mol. The minimum atomic E-state index is -0.162. The average Bonchev–Trinajstić information content (AvgIpc) is 2.73. The molecule has 0 atom stereocenters. The minimum Gasteiger partial charge on any atom is -0.497 e. The summed E-state index contributed by atoms with van der Waals surface area (Å²) in [5, 5.41) is 2.94. The van der Waals surface area contributed by atoms with Gasteiger partial charge in [-0.05, 0) is 23.3 Å². The normalized spacial score (nSPS) is 14.6. The van der Waals surface area contributed by atoms with Gasteiger partial charge in [0, 0.05) is 37.8 Å². The molecular weight excluding hydrogens is 344 g/mol. The molecule has 2 aromatic rings. The lowest BCUT2D eigenvalue weighted by Gasteiger charge is -2.26. The SMILES string of the molecule is COc1cc(OC)cc(C(=O)NCc2ccc(CN3CCOCC3)cc2)c1. The van der Waals surface area contributed by atoms with Crippen LogP contribution in [0.25, 0.3) is 0 Å². The second-order valence-corrected chi connectivity index (χ2v) is 6.49. The molecular formula is C21H26N2O4. The molecule has 0 radical (unpaired) electrons. The van der Waals surface area contributed by atoms with E-state index in [1.165, 1.54) is 5.56 Å². The molecule has 0 spiro atoms. The van der Waals surface area contributed by atoms with Crippen LogP contribution in [0.4, 0.5) is 0 Å². The Morgan fingerprint density at radius 2 is 1.59 bits per heavy atom. The fourth-order valence-electron chi connectivity index (χ4n) is 3.00. The monoisotopic (exact) mass is 370 g/mol. The number of benzene rings is 2. The Bertz CT molecular complexity index is 733. The van der Waals surface area contributed by atoms with E-state index in [-0.39, 0.29) is 5.91 Å². The fourth-order valence-corrected chi connectivity index (χ4v) is 3.00. The van der Waals surface area contributed by atoms with Crippen LogP contribution >= 0.6 is 0 Å². The zero-order chi connectivity index (χ0) is 19.1. The number of nitrogens with one attached hydrogen (secondary N) is 1. The molecule has 0 saturated carbocycles. The Hall–Kier alpha value is -2.57. The second kappa shape index (κ2) is 9.39. The van der Waals surface area contributed by atoms with Crippen LogP contribution in [0.5, 0.6) is 11.5 Å². The smallest absolute Gasteiger partial charge is 0.251 e. The number of rotatable bonds is 7. The van der Waals surface area contributed by atoms with Crippen molar-refractivity contribution in [3.05, 3.63) is 59.2 Å². The number of amides is 1. The number of carbonyl (C=O) groups excluding carboxylic acids is 1. The van der Waals surface area contributed by atoms with E-state index >= 15 is 0 Å². The first-order valence-electron chi connectivity index (χ1n) is 9.07. The van der Waals surface area contributed by atoms with Crippen molar-refractivity contribution in [1.82, 2.24) is 10.2 Å². The van der Waals surface area contributed by atoms with Gasteiger partial charge >= 0.3 is 0 Å². The summed E-state index contributed by atoms with van der Waals surface area (Å²) in [5.74, 6) is 1.02. The number of ether oxygens (including phenoxy) is 3. The summed E-state index contributed by atoms with van der Waals surface area (Å²) in [6, 6.07) is 13.5. The van der Waals surface area contributed by atoms with Crippen molar-refractivity contribution in [3.63, 3.8) is 0 Å². The quantitative estimate of drug-likeness (QED) is 0.811. The third-order valence-corrected chi connectivity index (χ3v) is 4.60. The standard InChI is InChI=1S/C21H26N2O4/c1-25-19-11-18(12-20(13-19)26-2)21(24)22-14-16-3-5-17(6-4-16)15-23-7-9-27-10-8-23/h3-6,11-13H,7-10,14-15H2,1-2H3,(H,22,24). The zero-order valence-corrected chi connectivity index (χ0v) is 15.9. The van der Waals surface area contributed by atoms with E-state index in [0.29, 0.717) is 23.6 Å². The lowest BCUT2D eigenvalue weighted by Crippen LogP contribution is -2.35. The molecule has 0 unspecified atom stereocenters. The minimum absolute atomic E-state index is 0.162. The van der Waals surface area contributed by atoms with Crippen LogP contribution in [-0.2, 0) is 17.8 Å². The van der Waals surface area contributed by atoms with Crippen LogP contribution in [0.2, 0.25) is 0 Å². The van der Waals surface area contributed by atoms with E-state index in [0.717, 1.165) is 38.4 Å². The summed E-state index contributed by atoms with van der Waals surface area (Å²) >= 11 is 0. The van der Waals surface area contributed by atoms with Gasteiger partial charge in [-0.1, -0.05) is 24.3 Å². The van der Waals surface area contributed by atoms with Gasteiger partial charge in [-0.15, -0.1) is 0 Å². The number of methoxy groups -OCH3 is 2. The predicted molar refractivity (Wildman–Crippen MR) is 103 cm³/mol. The summed E-state index contributed by atoms with van der Waals surface area (Å²) in [6.07, 6.45) is 0. The van der Waals surface area contributed by atoms with Crippen LogP contribution < -0.4 is 14.8 Å². The molecule has 1 fully saturated rings. The third kappa shape index (κ3) is 5.45. The molecule has 1 N–H and O–H groups in total. The van der Waals surface area contributed by atoms with Gasteiger partial charge in [-0.2, -0.15) is 0 Å². The molecule has 6 heteroatoms. The Labute approximate surface area is 160 Å². The Balaban J connectivity index is 1.55. The van der Waals surface area contributed by atoms with Crippen molar-refractivity contribution in [2.45, 2.75) is 13.1 Å². The van der Waals surface area contributed by atoms with Gasteiger partial charge in [0.15, 0.2) is 0 Å². The maximum atomic E-state index is 12.4. The van der Waals surface area contributed by atoms with Gasteiger partial charge in [0.2, 0.25) is 0 Å². The molecule has 1 aliphatic heterocycles. The topological polar surface area (TPSA) is 60.0 Å². The fraction of sp³-hybridized carbons (Fsp3) is 0.381. The van der Waals surface area contributed by atoms with Crippen LogP contribution in [0.15, 0.2) is 42.5 Å². The second-order valence-electron chi connectivity index (χ2n) is 6.49. The lowest BCUT2D eigenvalue weighted by molar-refractivity contribution is 0.0342. The van der Waals surface area contributed by atoms with Gasteiger partial charge < -0.3 is 19.5 Å². The molecule has 1 heterocycles. The third-order valence-electron chi connectivity index (χ3n) is 4.60. The number of carbonyl (C=O) groups is 1. The molecule has 0 aromatic heterocycles. The summed E-state index contributed by atoms with van der Waals surface area (Å²) in [5.41, 5.74) is 2.84. The van der Waals surface area contributed by atoms with Gasteiger partial charge in [0.25, 0.3) is 5.91 Å². The molecule has 0 aliphatic carbocycles. The van der Waals surface area contributed by atoms with E-state index in [9.17, 15) is 4.79 Å². The highest BCUT2D eigenvalue weighted by Gasteiger charge is 2.11. The molecule has 1 amide bonds. The summed E-state index contributed by atoms with van der Waals surface area (Å²) in [7, 11) is 3.13. The van der Waals surface area contributed by atoms with Crippen LogP contribution in [0.3, 0.4) is 0 Å². The molecule has 6 nitrogen and oxygen atoms in total. The van der Waals surface area contributed by atoms with E-state index in [2.05, 4.69) is 34.5 Å².